The standard InChI is InChI=1S/C20H30N4O5/c1-15-18(22-29-21-15)13-23(2)11-16-5-4-6-19(26-3)20(16)28-14-17(25)12-24-7-9-27-10-8-24/h4-6,17,25H,7-14H2,1-3H3. The van der Waals surface area contributed by atoms with E-state index in [1.165, 1.54) is 0 Å². The van der Waals surface area contributed by atoms with Crippen LogP contribution in [-0.2, 0) is 17.8 Å². The number of hydrogen-bond donors (Lipinski definition) is 1. The van der Waals surface area contributed by atoms with Crippen LogP contribution in [0.15, 0.2) is 22.8 Å². The van der Waals surface area contributed by atoms with Crippen molar-refractivity contribution < 1.29 is 23.9 Å². The predicted octanol–water partition coefficient (Wildman–Crippen LogP) is 1.09. The maximum Gasteiger partial charge on any atom is 0.165 e. The minimum atomic E-state index is -0.590. The van der Waals surface area contributed by atoms with Gasteiger partial charge in [0.25, 0.3) is 0 Å². The molecule has 9 nitrogen and oxygen atoms in total. The van der Waals surface area contributed by atoms with E-state index in [1.54, 1.807) is 7.11 Å². The molecule has 0 spiro atoms. The van der Waals surface area contributed by atoms with Gasteiger partial charge in [-0.15, -0.1) is 0 Å². The summed E-state index contributed by atoms with van der Waals surface area (Å²) in [5.74, 6) is 1.30. The third kappa shape index (κ3) is 6.14. The molecule has 0 amide bonds. The van der Waals surface area contributed by atoms with Crippen LogP contribution in [-0.4, -0.2) is 84.9 Å². The Bertz CT molecular complexity index is 763. The van der Waals surface area contributed by atoms with E-state index >= 15 is 0 Å². The van der Waals surface area contributed by atoms with E-state index in [1.807, 2.05) is 32.2 Å². The average molecular weight is 406 g/mol. The van der Waals surface area contributed by atoms with Crippen LogP contribution in [0.2, 0.25) is 0 Å². The molecule has 2 aromatic rings. The van der Waals surface area contributed by atoms with Crippen molar-refractivity contribution in [2.45, 2.75) is 26.1 Å². The number of aliphatic hydroxyl groups excluding tert-OH is 1. The Morgan fingerprint density at radius 2 is 2.03 bits per heavy atom. The number of ether oxygens (including phenoxy) is 3. The van der Waals surface area contributed by atoms with E-state index < -0.39 is 6.10 Å². The number of β-amino-alcohol motifs (C(OH)–C–C–N with tert-alkyl or cyclic N) is 1. The highest BCUT2D eigenvalue weighted by atomic mass is 16.6. The third-order valence-electron chi connectivity index (χ3n) is 4.88. The number of para-hydroxylation sites is 1. The van der Waals surface area contributed by atoms with Crippen LogP contribution in [0.25, 0.3) is 0 Å². The van der Waals surface area contributed by atoms with E-state index in [0.717, 1.165) is 30.0 Å². The molecular formula is C20H30N4O5. The Kier molecular flexibility index (Phi) is 7.82. The first kappa shape index (κ1) is 21.5. The van der Waals surface area contributed by atoms with Gasteiger partial charge in [0.2, 0.25) is 0 Å². The van der Waals surface area contributed by atoms with Gasteiger partial charge in [-0.2, -0.15) is 0 Å². The van der Waals surface area contributed by atoms with E-state index in [0.29, 0.717) is 44.3 Å². The molecule has 1 aliphatic heterocycles. The Morgan fingerprint density at radius 1 is 1.24 bits per heavy atom. The fourth-order valence-electron chi connectivity index (χ4n) is 3.32. The zero-order chi connectivity index (χ0) is 20.6. The molecule has 1 saturated heterocycles. The van der Waals surface area contributed by atoms with Gasteiger partial charge < -0.3 is 19.3 Å². The molecule has 1 fully saturated rings. The highest BCUT2D eigenvalue weighted by molar-refractivity contribution is 5.46. The summed E-state index contributed by atoms with van der Waals surface area (Å²) in [6.07, 6.45) is -0.590. The van der Waals surface area contributed by atoms with Gasteiger partial charge >= 0.3 is 0 Å². The summed E-state index contributed by atoms with van der Waals surface area (Å²) in [7, 11) is 3.61. The van der Waals surface area contributed by atoms with Gasteiger partial charge in [-0.1, -0.05) is 22.4 Å². The van der Waals surface area contributed by atoms with Gasteiger partial charge in [-0.3, -0.25) is 9.80 Å². The van der Waals surface area contributed by atoms with Crippen LogP contribution in [0.4, 0.5) is 0 Å². The van der Waals surface area contributed by atoms with Gasteiger partial charge in [0.15, 0.2) is 11.5 Å². The lowest BCUT2D eigenvalue weighted by atomic mass is 10.1. The molecular weight excluding hydrogens is 376 g/mol. The fraction of sp³-hybridized carbons (Fsp3) is 0.600. The summed E-state index contributed by atoms with van der Waals surface area (Å²) in [6, 6.07) is 5.79. The largest absolute Gasteiger partial charge is 0.493 e. The molecule has 0 bridgehead atoms. The number of hydrogen-bond acceptors (Lipinski definition) is 9. The van der Waals surface area contributed by atoms with Crippen molar-refractivity contribution in [2.24, 2.45) is 0 Å². The van der Waals surface area contributed by atoms with Gasteiger partial charge in [0.05, 0.1) is 20.3 Å². The van der Waals surface area contributed by atoms with E-state index in [9.17, 15) is 5.11 Å². The van der Waals surface area contributed by atoms with E-state index in [2.05, 4.69) is 20.1 Å². The van der Waals surface area contributed by atoms with Crippen molar-refractivity contribution in [1.82, 2.24) is 20.1 Å². The summed E-state index contributed by atoms with van der Waals surface area (Å²) in [5.41, 5.74) is 2.56. The van der Waals surface area contributed by atoms with Crippen molar-refractivity contribution in [3.8, 4) is 11.5 Å². The van der Waals surface area contributed by atoms with E-state index in [-0.39, 0.29) is 6.61 Å². The zero-order valence-corrected chi connectivity index (χ0v) is 17.3. The van der Waals surface area contributed by atoms with Gasteiger partial charge in [0.1, 0.15) is 24.1 Å². The second kappa shape index (κ2) is 10.5. The van der Waals surface area contributed by atoms with Crippen LogP contribution in [0.3, 0.4) is 0 Å². The Morgan fingerprint density at radius 3 is 2.72 bits per heavy atom. The molecule has 1 atom stereocenters. The van der Waals surface area contributed by atoms with Crippen LogP contribution in [0.5, 0.6) is 11.5 Å². The minimum Gasteiger partial charge on any atom is -0.493 e. The highest BCUT2D eigenvalue weighted by Gasteiger charge is 2.18. The molecule has 0 radical (unpaired) electrons. The maximum atomic E-state index is 10.4. The number of morpholine rings is 1. The molecule has 9 heteroatoms. The molecule has 0 saturated carbocycles. The lowest BCUT2D eigenvalue weighted by molar-refractivity contribution is 0.00431. The first-order valence-electron chi connectivity index (χ1n) is 9.80. The third-order valence-corrected chi connectivity index (χ3v) is 4.88. The lowest BCUT2D eigenvalue weighted by Crippen LogP contribution is -2.42. The molecule has 1 N–H and O–H groups in total. The molecule has 0 aliphatic carbocycles. The molecule has 1 aromatic carbocycles. The molecule has 160 valence electrons. The van der Waals surface area contributed by atoms with Gasteiger partial charge in [-0.05, 0) is 20.0 Å². The molecule has 3 rings (SSSR count). The number of benzene rings is 1. The second-order valence-corrected chi connectivity index (χ2v) is 7.29. The summed E-state index contributed by atoms with van der Waals surface area (Å²) < 4.78 is 21.6. The Hall–Kier alpha value is -2.20. The van der Waals surface area contributed by atoms with Crippen LogP contribution < -0.4 is 9.47 Å². The first-order chi connectivity index (χ1) is 14.1. The predicted molar refractivity (Wildman–Crippen MR) is 106 cm³/mol. The smallest absolute Gasteiger partial charge is 0.165 e. The minimum absolute atomic E-state index is 0.195. The molecule has 1 unspecified atom stereocenters. The zero-order valence-electron chi connectivity index (χ0n) is 17.3. The number of aryl methyl sites for hydroxylation is 1. The fourth-order valence-corrected chi connectivity index (χ4v) is 3.32. The van der Waals surface area contributed by atoms with Crippen molar-refractivity contribution >= 4 is 0 Å². The average Bonchev–Trinajstić information content (AvgIpc) is 3.11. The Labute approximate surface area is 171 Å². The number of rotatable bonds is 10. The summed E-state index contributed by atoms with van der Waals surface area (Å²) in [5, 5.41) is 18.2. The number of aromatic nitrogens is 2. The second-order valence-electron chi connectivity index (χ2n) is 7.29. The van der Waals surface area contributed by atoms with Gasteiger partial charge in [-0.25, -0.2) is 4.63 Å². The summed E-state index contributed by atoms with van der Waals surface area (Å²) >= 11 is 0. The number of methoxy groups -OCH3 is 1. The maximum absolute atomic E-state index is 10.4. The molecule has 1 aromatic heterocycles. The van der Waals surface area contributed by atoms with Crippen molar-refractivity contribution in [3.05, 3.63) is 35.2 Å². The number of aliphatic hydroxyl groups is 1. The number of nitrogens with zero attached hydrogens (tertiary/aromatic N) is 4. The van der Waals surface area contributed by atoms with Crippen molar-refractivity contribution in [3.63, 3.8) is 0 Å². The summed E-state index contributed by atoms with van der Waals surface area (Å²) in [4.78, 5) is 4.28. The van der Waals surface area contributed by atoms with Crippen LogP contribution in [0, 0.1) is 6.92 Å². The van der Waals surface area contributed by atoms with Crippen LogP contribution >= 0.6 is 0 Å². The van der Waals surface area contributed by atoms with Crippen molar-refractivity contribution in [2.75, 3.05) is 53.6 Å². The quantitative estimate of drug-likeness (QED) is 0.622. The summed E-state index contributed by atoms with van der Waals surface area (Å²) in [6.45, 7) is 6.93. The van der Waals surface area contributed by atoms with Crippen molar-refractivity contribution in [1.29, 1.82) is 0 Å². The van der Waals surface area contributed by atoms with Crippen LogP contribution in [0.1, 0.15) is 17.0 Å². The van der Waals surface area contributed by atoms with E-state index in [4.69, 9.17) is 18.8 Å². The first-order valence-corrected chi connectivity index (χ1v) is 9.80. The molecule has 2 heterocycles. The monoisotopic (exact) mass is 406 g/mol. The molecule has 29 heavy (non-hydrogen) atoms. The SMILES string of the molecule is COc1cccc(CN(C)Cc2nonc2C)c1OCC(O)CN1CCOCC1. The van der Waals surface area contributed by atoms with Gasteiger partial charge in [0, 0.05) is 38.3 Å². The Balaban J connectivity index is 1.61. The topological polar surface area (TPSA) is 93.3 Å². The normalized spacial score (nSPS) is 16.2. The highest BCUT2D eigenvalue weighted by Crippen LogP contribution is 2.32. The molecule has 1 aliphatic rings. The lowest BCUT2D eigenvalue weighted by Gasteiger charge is -2.28.